The van der Waals surface area contributed by atoms with Crippen molar-refractivity contribution in [3.63, 3.8) is 0 Å². The molecular weight excluding hydrogens is 275 g/mol. The molecule has 0 aliphatic carbocycles. The third-order valence-electron chi connectivity index (χ3n) is 3.08. The number of anilines is 1. The largest absolute Gasteiger partial charge is 0.394 e. The topological polar surface area (TPSA) is 152 Å². The molecule has 2 aromatic rings. The molecule has 0 saturated carbocycles. The number of hydrogen-bond acceptors (Lipinski definition) is 9. The number of aliphatic hydroxyl groups is 3. The zero-order valence-electron chi connectivity index (χ0n) is 9.96. The molecule has 0 amide bonds. The van der Waals surface area contributed by atoms with Gasteiger partial charge in [-0.3, -0.25) is 0 Å². The van der Waals surface area contributed by atoms with Crippen LogP contribution in [0.1, 0.15) is 6.23 Å². The summed E-state index contributed by atoms with van der Waals surface area (Å²) in [5, 5.41) is 35.9. The quantitative estimate of drug-likeness (QED) is 0.441. The summed E-state index contributed by atoms with van der Waals surface area (Å²) >= 11 is 0. The standard InChI is InChI=1S/C9H11FN6O4/c10-9-12-6(11)3-7(13-9)16(15-14-3)8-5(19)4(18)2(1-17)20-8/h2,4-5,8,17-19H,1H2,(H2,11,12,13)/t2-,4-,5-,8-/m1/s1. The molecule has 0 bridgehead atoms. The molecule has 0 radical (unpaired) electrons. The first-order chi connectivity index (χ1) is 9.52. The Hall–Kier alpha value is -1.95. The molecule has 2 aromatic heterocycles. The number of hydrogen-bond donors (Lipinski definition) is 4. The molecule has 5 N–H and O–H groups in total. The fourth-order valence-corrected chi connectivity index (χ4v) is 2.08. The van der Waals surface area contributed by atoms with Crippen molar-refractivity contribution in [3.8, 4) is 0 Å². The van der Waals surface area contributed by atoms with Gasteiger partial charge in [0.1, 0.15) is 18.3 Å². The normalized spacial score (nSPS) is 30.2. The van der Waals surface area contributed by atoms with Gasteiger partial charge in [0.2, 0.25) is 0 Å². The maximum Gasteiger partial charge on any atom is 0.312 e. The van der Waals surface area contributed by atoms with Gasteiger partial charge in [0.15, 0.2) is 23.2 Å². The van der Waals surface area contributed by atoms with Crippen LogP contribution in [-0.2, 0) is 4.74 Å². The molecule has 108 valence electrons. The number of aromatic nitrogens is 5. The Morgan fingerprint density at radius 3 is 2.70 bits per heavy atom. The lowest BCUT2D eigenvalue weighted by Crippen LogP contribution is -2.33. The van der Waals surface area contributed by atoms with Gasteiger partial charge in [-0.15, -0.1) is 5.10 Å². The number of nitrogens with zero attached hydrogens (tertiary/aromatic N) is 5. The zero-order chi connectivity index (χ0) is 14.4. The molecular formula is C9H11FN6O4. The van der Waals surface area contributed by atoms with E-state index in [0.717, 1.165) is 4.68 Å². The average molecular weight is 286 g/mol. The molecule has 11 heteroatoms. The van der Waals surface area contributed by atoms with E-state index in [0.29, 0.717) is 0 Å². The maximum atomic E-state index is 13.2. The smallest absolute Gasteiger partial charge is 0.312 e. The second-order valence-electron chi connectivity index (χ2n) is 4.31. The van der Waals surface area contributed by atoms with Crippen molar-refractivity contribution >= 4 is 17.0 Å². The Kier molecular flexibility index (Phi) is 2.97. The summed E-state index contributed by atoms with van der Waals surface area (Å²) in [6, 6.07) is 0. The third-order valence-corrected chi connectivity index (χ3v) is 3.08. The number of halogens is 1. The Morgan fingerprint density at radius 1 is 1.30 bits per heavy atom. The van der Waals surface area contributed by atoms with E-state index in [4.69, 9.17) is 15.6 Å². The Morgan fingerprint density at radius 2 is 2.05 bits per heavy atom. The van der Waals surface area contributed by atoms with Gasteiger partial charge < -0.3 is 25.8 Å². The van der Waals surface area contributed by atoms with Crippen molar-refractivity contribution < 1.29 is 24.4 Å². The van der Waals surface area contributed by atoms with Crippen LogP contribution in [0.3, 0.4) is 0 Å². The van der Waals surface area contributed by atoms with E-state index in [1.54, 1.807) is 0 Å². The van der Waals surface area contributed by atoms with Gasteiger partial charge in [-0.1, -0.05) is 5.21 Å². The Balaban J connectivity index is 2.07. The summed E-state index contributed by atoms with van der Waals surface area (Å²) < 4.78 is 19.4. The molecule has 10 nitrogen and oxygen atoms in total. The van der Waals surface area contributed by atoms with Gasteiger partial charge in [0, 0.05) is 0 Å². The predicted molar refractivity (Wildman–Crippen MR) is 60.5 cm³/mol. The van der Waals surface area contributed by atoms with Crippen molar-refractivity contribution in [1.29, 1.82) is 0 Å². The van der Waals surface area contributed by atoms with Crippen LogP contribution in [0.5, 0.6) is 0 Å². The van der Waals surface area contributed by atoms with Crippen LogP contribution in [0, 0.1) is 6.08 Å². The van der Waals surface area contributed by atoms with E-state index in [1.807, 2.05) is 0 Å². The molecule has 0 spiro atoms. The number of nitrogens with two attached hydrogens (primary N) is 1. The molecule has 20 heavy (non-hydrogen) atoms. The van der Waals surface area contributed by atoms with E-state index < -0.39 is 37.2 Å². The number of ether oxygens (including phenoxy) is 1. The number of fused-ring (bicyclic) bond motifs is 1. The van der Waals surface area contributed by atoms with Crippen LogP contribution in [-0.4, -0.2) is 65.2 Å². The van der Waals surface area contributed by atoms with Crippen molar-refractivity contribution in [2.24, 2.45) is 0 Å². The molecule has 0 unspecified atom stereocenters. The lowest BCUT2D eigenvalue weighted by Gasteiger charge is -2.14. The monoisotopic (exact) mass is 286 g/mol. The highest BCUT2D eigenvalue weighted by atomic mass is 19.1. The molecule has 1 aliphatic heterocycles. The van der Waals surface area contributed by atoms with E-state index in [-0.39, 0.29) is 17.0 Å². The van der Waals surface area contributed by atoms with Crippen LogP contribution < -0.4 is 5.73 Å². The van der Waals surface area contributed by atoms with Gasteiger partial charge in [-0.05, 0) is 0 Å². The molecule has 4 atom stereocenters. The Labute approximate surface area is 110 Å². The van der Waals surface area contributed by atoms with E-state index >= 15 is 0 Å². The predicted octanol–water partition coefficient (Wildman–Crippen LogP) is -2.45. The van der Waals surface area contributed by atoms with Crippen LogP contribution in [0.2, 0.25) is 0 Å². The maximum absolute atomic E-state index is 13.2. The zero-order valence-corrected chi connectivity index (χ0v) is 9.96. The minimum Gasteiger partial charge on any atom is -0.394 e. The third kappa shape index (κ3) is 1.79. The summed E-state index contributed by atoms with van der Waals surface area (Å²) in [5.41, 5.74) is 5.45. The van der Waals surface area contributed by atoms with Gasteiger partial charge in [-0.25, -0.2) is 0 Å². The average Bonchev–Trinajstić information content (AvgIpc) is 2.93. The lowest BCUT2D eigenvalue weighted by molar-refractivity contribution is -0.0575. The van der Waals surface area contributed by atoms with Gasteiger partial charge in [-0.2, -0.15) is 19.0 Å². The summed E-state index contributed by atoms with van der Waals surface area (Å²) in [5.74, 6) is -0.203. The van der Waals surface area contributed by atoms with Crippen LogP contribution >= 0.6 is 0 Å². The lowest BCUT2D eigenvalue weighted by atomic mass is 10.1. The highest BCUT2D eigenvalue weighted by Gasteiger charge is 2.44. The number of aliphatic hydroxyl groups excluding tert-OH is 3. The van der Waals surface area contributed by atoms with Crippen molar-refractivity contribution in [3.05, 3.63) is 6.08 Å². The molecule has 1 aliphatic rings. The number of rotatable bonds is 2. The number of nitrogen functional groups attached to an aromatic ring is 1. The van der Waals surface area contributed by atoms with E-state index in [2.05, 4.69) is 20.3 Å². The molecule has 3 heterocycles. The fourth-order valence-electron chi connectivity index (χ4n) is 2.08. The summed E-state index contributed by atoms with van der Waals surface area (Å²) in [4.78, 5) is 6.79. The van der Waals surface area contributed by atoms with Crippen molar-refractivity contribution in [2.45, 2.75) is 24.5 Å². The Bertz CT molecular complexity index is 651. The van der Waals surface area contributed by atoms with Gasteiger partial charge >= 0.3 is 6.08 Å². The van der Waals surface area contributed by atoms with Gasteiger partial charge in [0.05, 0.1) is 6.61 Å². The van der Waals surface area contributed by atoms with Crippen molar-refractivity contribution in [1.82, 2.24) is 25.0 Å². The second kappa shape index (κ2) is 4.56. The fraction of sp³-hybridized carbons (Fsp3) is 0.556. The van der Waals surface area contributed by atoms with Crippen LogP contribution in [0.15, 0.2) is 0 Å². The first-order valence-corrected chi connectivity index (χ1v) is 5.69. The SMILES string of the molecule is Nc1nc(F)nc2c1nnn2[C@@H]1O[C@H](CO)[C@@H](O)[C@H]1O. The second-order valence-corrected chi connectivity index (χ2v) is 4.31. The first kappa shape index (κ1) is 13.1. The van der Waals surface area contributed by atoms with E-state index in [1.165, 1.54) is 0 Å². The molecule has 1 fully saturated rings. The summed E-state index contributed by atoms with van der Waals surface area (Å²) in [6.07, 6.45) is -5.92. The highest BCUT2D eigenvalue weighted by molar-refractivity contribution is 5.80. The minimum atomic E-state index is -1.38. The van der Waals surface area contributed by atoms with Crippen LogP contribution in [0.25, 0.3) is 11.2 Å². The molecule has 3 rings (SSSR count). The molecule has 0 aromatic carbocycles. The van der Waals surface area contributed by atoms with E-state index in [9.17, 15) is 14.6 Å². The highest BCUT2D eigenvalue weighted by Crippen LogP contribution is 2.30. The minimum absolute atomic E-state index is 0.0455. The summed E-state index contributed by atoms with van der Waals surface area (Å²) in [6.45, 7) is -0.493. The van der Waals surface area contributed by atoms with Crippen molar-refractivity contribution in [2.75, 3.05) is 12.3 Å². The molecule has 1 saturated heterocycles. The summed E-state index contributed by atoms with van der Waals surface area (Å²) in [7, 11) is 0. The van der Waals surface area contributed by atoms with Crippen LogP contribution in [0.4, 0.5) is 10.2 Å². The van der Waals surface area contributed by atoms with Gasteiger partial charge in [0.25, 0.3) is 0 Å². The first-order valence-electron chi connectivity index (χ1n) is 5.69.